The van der Waals surface area contributed by atoms with Crippen molar-refractivity contribution in [1.82, 2.24) is 9.97 Å². The Morgan fingerprint density at radius 1 is 1.47 bits per heavy atom. The first-order chi connectivity index (χ1) is 7.31. The lowest BCUT2D eigenvalue weighted by molar-refractivity contribution is 0.0526. The molecule has 0 bridgehead atoms. The molecule has 2 rings (SSSR count). The quantitative estimate of drug-likeness (QED) is 0.697. The number of carbonyl (C=O) groups excluding carboxylic acids is 1. The molecule has 0 radical (unpaired) electrons. The maximum atomic E-state index is 11.4. The maximum Gasteiger partial charge on any atom is 0.339 e. The second-order valence-corrected chi connectivity index (χ2v) is 3.01. The summed E-state index contributed by atoms with van der Waals surface area (Å²) < 4.78 is 4.88. The van der Waals surface area contributed by atoms with E-state index in [0.29, 0.717) is 12.2 Å². The van der Waals surface area contributed by atoms with Gasteiger partial charge in [-0.2, -0.15) is 0 Å². The summed E-state index contributed by atoms with van der Waals surface area (Å²) in [6.45, 7) is 2.14. The van der Waals surface area contributed by atoms with Crippen LogP contribution in [0.4, 0.5) is 0 Å². The highest BCUT2D eigenvalue weighted by Gasteiger charge is 2.07. The molecule has 0 atom stereocenters. The Kier molecular flexibility index (Phi) is 2.58. The van der Waals surface area contributed by atoms with E-state index in [1.54, 1.807) is 31.5 Å². The van der Waals surface area contributed by atoms with Crippen LogP contribution in [0.2, 0.25) is 0 Å². The van der Waals surface area contributed by atoms with Crippen molar-refractivity contribution in [3.05, 3.63) is 36.3 Å². The molecule has 4 nitrogen and oxygen atoms in total. The zero-order chi connectivity index (χ0) is 10.7. The lowest BCUT2D eigenvalue weighted by atomic mass is 10.2. The van der Waals surface area contributed by atoms with E-state index >= 15 is 0 Å². The zero-order valence-corrected chi connectivity index (χ0v) is 8.30. The molecule has 2 aromatic heterocycles. The summed E-state index contributed by atoms with van der Waals surface area (Å²) in [5, 5.41) is 0.836. The van der Waals surface area contributed by atoms with Gasteiger partial charge in [-0.15, -0.1) is 0 Å². The molecule has 0 unspecified atom stereocenters. The fourth-order valence-corrected chi connectivity index (χ4v) is 1.30. The van der Waals surface area contributed by atoms with Crippen LogP contribution in [-0.4, -0.2) is 22.5 Å². The number of ether oxygens (including phenoxy) is 1. The highest BCUT2D eigenvalue weighted by molar-refractivity contribution is 5.93. The lowest BCUT2D eigenvalue weighted by Gasteiger charge is -2.02. The standard InChI is InChI=1S/C11H10N2O2/c1-2-15-11(14)9-5-8-6-12-4-3-10(8)13-7-9/h3-7H,2H2,1H3. The second kappa shape index (κ2) is 4.04. The van der Waals surface area contributed by atoms with Gasteiger partial charge in [0.1, 0.15) is 0 Å². The SMILES string of the molecule is CCOC(=O)c1cnc2ccncc2c1. The van der Waals surface area contributed by atoms with Crippen molar-refractivity contribution < 1.29 is 9.53 Å². The van der Waals surface area contributed by atoms with Crippen LogP contribution >= 0.6 is 0 Å². The lowest BCUT2D eigenvalue weighted by Crippen LogP contribution is -2.04. The van der Waals surface area contributed by atoms with E-state index in [2.05, 4.69) is 9.97 Å². The summed E-state index contributed by atoms with van der Waals surface area (Å²) in [6, 6.07) is 3.53. The highest BCUT2D eigenvalue weighted by Crippen LogP contribution is 2.11. The van der Waals surface area contributed by atoms with E-state index in [1.165, 1.54) is 6.20 Å². The molecule has 0 spiro atoms. The molecule has 0 aliphatic heterocycles. The van der Waals surface area contributed by atoms with Gasteiger partial charge in [0.2, 0.25) is 0 Å². The predicted molar refractivity (Wildman–Crippen MR) is 55.5 cm³/mol. The Balaban J connectivity index is 2.42. The molecule has 0 saturated heterocycles. The number of esters is 1. The maximum absolute atomic E-state index is 11.4. The summed E-state index contributed by atoms with van der Waals surface area (Å²) in [6.07, 6.45) is 4.85. The zero-order valence-electron chi connectivity index (χ0n) is 8.30. The molecule has 2 aromatic rings. The molecular weight excluding hydrogens is 192 g/mol. The Bertz CT molecular complexity index is 497. The number of hydrogen-bond donors (Lipinski definition) is 0. The molecule has 15 heavy (non-hydrogen) atoms. The van der Waals surface area contributed by atoms with Gasteiger partial charge in [0.25, 0.3) is 0 Å². The van der Waals surface area contributed by atoms with Gasteiger partial charge in [0.05, 0.1) is 17.7 Å². The number of rotatable bonds is 2. The van der Waals surface area contributed by atoms with E-state index in [9.17, 15) is 4.79 Å². The van der Waals surface area contributed by atoms with E-state index in [0.717, 1.165) is 10.9 Å². The first kappa shape index (κ1) is 9.58. The number of carbonyl (C=O) groups is 1. The van der Waals surface area contributed by atoms with Crippen LogP contribution in [0.5, 0.6) is 0 Å². The normalized spacial score (nSPS) is 10.2. The van der Waals surface area contributed by atoms with Crippen LogP contribution in [0.15, 0.2) is 30.7 Å². The number of fused-ring (bicyclic) bond motifs is 1. The molecule has 0 amide bonds. The van der Waals surface area contributed by atoms with Crippen LogP contribution in [0.3, 0.4) is 0 Å². The molecule has 0 aliphatic carbocycles. The van der Waals surface area contributed by atoms with E-state index in [1.807, 2.05) is 0 Å². The molecule has 76 valence electrons. The molecule has 0 saturated carbocycles. The van der Waals surface area contributed by atoms with Gasteiger partial charge in [0, 0.05) is 24.0 Å². The summed E-state index contributed by atoms with van der Waals surface area (Å²) in [5.41, 5.74) is 1.27. The van der Waals surface area contributed by atoms with Gasteiger partial charge in [-0.1, -0.05) is 0 Å². The van der Waals surface area contributed by atoms with Crippen molar-refractivity contribution in [1.29, 1.82) is 0 Å². The van der Waals surface area contributed by atoms with Gasteiger partial charge in [-0.3, -0.25) is 9.97 Å². The second-order valence-electron chi connectivity index (χ2n) is 3.01. The van der Waals surface area contributed by atoms with Crippen LogP contribution in [-0.2, 0) is 4.74 Å². The topological polar surface area (TPSA) is 52.1 Å². The molecule has 0 aliphatic rings. The molecule has 0 fully saturated rings. The minimum absolute atomic E-state index is 0.351. The molecule has 4 heteroatoms. The largest absolute Gasteiger partial charge is 0.462 e. The van der Waals surface area contributed by atoms with E-state index < -0.39 is 0 Å². The van der Waals surface area contributed by atoms with E-state index in [-0.39, 0.29) is 5.97 Å². The van der Waals surface area contributed by atoms with Crippen LogP contribution < -0.4 is 0 Å². The van der Waals surface area contributed by atoms with Gasteiger partial charge in [-0.05, 0) is 19.1 Å². The van der Waals surface area contributed by atoms with Crippen molar-refractivity contribution in [2.45, 2.75) is 6.92 Å². The van der Waals surface area contributed by atoms with Crippen molar-refractivity contribution in [3.8, 4) is 0 Å². The van der Waals surface area contributed by atoms with Crippen molar-refractivity contribution in [2.75, 3.05) is 6.61 Å². The van der Waals surface area contributed by atoms with Gasteiger partial charge in [-0.25, -0.2) is 4.79 Å². The van der Waals surface area contributed by atoms with Crippen LogP contribution in [0.25, 0.3) is 10.9 Å². The monoisotopic (exact) mass is 202 g/mol. The Morgan fingerprint density at radius 3 is 3.13 bits per heavy atom. The Labute approximate surface area is 86.9 Å². The average molecular weight is 202 g/mol. The minimum atomic E-state index is -0.351. The first-order valence-corrected chi connectivity index (χ1v) is 4.68. The fraction of sp³-hybridized carbons (Fsp3) is 0.182. The fourth-order valence-electron chi connectivity index (χ4n) is 1.30. The molecular formula is C11H10N2O2. The van der Waals surface area contributed by atoms with Crippen molar-refractivity contribution in [2.24, 2.45) is 0 Å². The number of pyridine rings is 2. The summed E-state index contributed by atoms with van der Waals surface area (Å²) in [4.78, 5) is 19.5. The van der Waals surface area contributed by atoms with Gasteiger partial charge >= 0.3 is 5.97 Å². The molecule has 0 aromatic carbocycles. The molecule has 2 heterocycles. The Morgan fingerprint density at radius 2 is 2.33 bits per heavy atom. The third-order valence-corrected chi connectivity index (χ3v) is 1.99. The first-order valence-electron chi connectivity index (χ1n) is 4.68. The average Bonchev–Trinajstić information content (AvgIpc) is 2.29. The number of nitrogens with zero attached hydrogens (tertiary/aromatic N) is 2. The van der Waals surface area contributed by atoms with Crippen LogP contribution in [0, 0.1) is 0 Å². The smallest absolute Gasteiger partial charge is 0.339 e. The van der Waals surface area contributed by atoms with E-state index in [4.69, 9.17) is 4.74 Å². The van der Waals surface area contributed by atoms with Crippen LogP contribution in [0.1, 0.15) is 17.3 Å². The highest BCUT2D eigenvalue weighted by atomic mass is 16.5. The van der Waals surface area contributed by atoms with Crippen molar-refractivity contribution >= 4 is 16.9 Å². The third kappa shape index (κ3) is 1.93. The minimum Gasteiger partial charge on any atom is -0.462 e. The summed E-state index contributed by atoms with van der Waals surface area (Å²) in [5.74, 6) is -0.351. The van der Waals surface area contributed by atoms with Gasteiger partial charge in [0.15, 0.2) is 0 Å². The number of aromatic nitrogens is 2. The summed E-state index contributed by atoms with van der Waals surface area (Å²) in [7, 11) is 0. The number of hydrogen-bond acceptors (Lipinski definition) is 4. The third-order valence-electron chi connectivity index (χ3n) is 1.99. The Hall–Kier alpha value is -1.97. The predicted octanol–water partition coefficient (Wildman–Crippen LogP) is 1.81. The summed E-state index contributed by atoms with van der Waals surface area (Å²) >= 11 is 0. The van der Waals surface area contributed by atoms with Gasteiger partial charge < -0.3 is 4.74 Å². The molecule has 0 N–H and O–H groups in total. The van der Waals surface area contributed by atoms with Crippen molar-refractivity contribution in [3.63, 3.8) is 0 Å².